The highest BCUT2D eigenvalue weighted by atomic mass is 31.2. The molecule has 5 fully saturated rings. The lowest BCUT2D eigenvalue weighted by atomic mass is 9.85. The number of aliphatic hydroxyl groups is 9. The van der Waals surface area contributed by atoms with E-state index in [2.05, 4.69) is 42.5 Å². The minimum atomic E-state index is -3.71. The molecule has 4 aliphatic heterocycles. The largest absolute Gasteiger partial charge is 0.394 e. The van der Waals surface area contributed by atoms with Crippen LogP contribution in [0.25, 0.3) is 0 Å². The van der Waals surface area contributed by atoms with Crippen molar-refractivity contribution in [3.8, 4) is 0 Å². The van der Waals surface area contributed by atoms with Crippen molar-refractivity contribution in [1.82, 2.24) is 42.5 Å². The molecular formula is C55H97N8O29P. The molecule has 18 N–H and O–H groups in total. The van der Waals surface area contributed by atoms with Crippen LogP contribution in [0.1, 0.15) is 72.1 Å². The van der Waals surface area contributed by atoms with Gasteiger partial charge in [-0.2, -0.15) is 0 Å². The first-order valence-corrected chi connectivity index (χ1v) is 33.1. The molecule has 4 heterocycles. The molecule has 0 aromatic carbocycles. The quantitative estimate of drug-likeness (QED) is 0.0154. The minimum Gasteiger partial charge on any atom is -0.394 e. The summed E-state index contributed by atoms with van der Waals surface area (Å²) < 4.78 is 73.6. The molecule has 4 saturated heterocycles. The van der Waals surface area contributed by atoms with E-state index in [4.69, 9.17) is 51.9 Å². The van der Waals surface area contributed by atoms with E-state index < -0.39 is 185 Å². The Bertz CT molecular complexity index is 2370. The molecule has 1 saturated carbocycles. The van der Waals surface area contributed by atoms with E-state index in [1.165, 1.54) is 20.8 Å². The van der Waals surface area contributed by atoms with E-state index in [-0.39, 0.29) is 117 Å². The Labute approximate surface area is 537 Å². The van der Waals surface area contributed by atoms with Gasteiger partial charge in [-0.15, -0.1) is 0 Å². The second-order valence-corrected chi connectivity index (χ2v) is 24.9. The van der Waals surface area contributed by atoms with Gasteiger partial charge in [0.05, 0.1) is 91.4 Å². The highest BCUT2D eigenvalue weighted by Gasteiger charge is 2.50. The summed E-state index contributed by atoms with van der Waals surface area (Å²) in [6.07, 6.45) is -16.5. The van der Waals surface area contributed by atoms with Crippen molar-refractivity contribution in [2.45, 2.75) is 195 Å². The van der Waals surface area contributed by atoms with Crippen molar-refractivity contribution in [1.29, 1.82) is 0 Å². The number of hydrogen-bond donors (Lipinski definition) is 18. The maximum Gasteiger partial charge on any atom is 0.325 e. The third-order valence-corrected chi connectivity index (χ3v) is 16.3. The first kappa shape index (κ1) is 79.3. The van der Waals surface area contributed by atoms with E-state index in [1.54, 1.807) is 0 Å². The second kappa shape index (κ2) is 40.4. The molecule has 7 amide bonds. The highest BCUT2D eigenvalue weighted by Crippen LogP contribution is 2.45. The molecule has 37 nitrogen and oxygen atoms in total. The molecule has 38 heteroatoms. The number of aliphatic hydroxyl groups excluding tert-OH is 9. The maximum absolute atomic E-state index is 13.9. The summed E-state index contributed by atoms with van der Waals surface area (Å²) in [5.41, 5.74) is 0. The number of carbonyl (C=O) groups is 7. The van der Waals surface area contributed by atoms with Crippen molar-refractivity contribution < 1.29 is 141 Å². The Morgan fingerprint density at radius 2 is 0.871 bits per heavy atom. The van der Waals surface area contributed by atoms with Gasteiger partial charge in [0.1, 0.15) is 91.4 Å². The predicted octanol–water partition coefficient (Wildman–Crippen LogP) is -8.62. The summed E-state index contributed by atoms with van der Waals surface area (Å²) in [5.74, 6) is -4.05. The number of ether oxygens (including phenoxy) is 10. The molecule has 1 aliphatic carbocycles. The van der Waals surface area contributed by atoms with Crippen LogP contribution in [0.5, 0.6) is 0 Å². The van der Waals surface area contributed by atoms with E-state index in [1.807, 2.05) is 0 Å². The summed E-state index contributed by atoms with van der Waals surface area (Å²) in [7, 11) is -3.71. The average molecular weight is 1370 g/mol. The molecule has 0 radical (unpaired) electrons. The monoisotopic (exact) mass is 1360 g/mol. The molecule has 0 aromatic rings. The smallest absolute Gasteiger partial charge is 0.325 e. The van der Waals surface area contributed by atoms with E-state index in [0.29, 0.717) is 25.7 Å². The summed E-state index contributed by atoms with van der Waals surface area (Å²) in [6, 6.07) is -5.87. The molecule has 0 spiro atoms. The van der Waals surface area contributed by atoms with Crippen molar-refractivity contribution >= 4 is 48.9 Å². The number of rotatable bonds is 41. The lowest BCUT2D eigenvalue weighted by Crippen LogP contribution is -2.64. The molecule has 0 bridgehead atoms. The summed E-state index contributed by atoms with van der Waals surface area (Å²) >= 11 is 0. The van der Waals surface area contributed by atoms with Gasteiger partial charge < -0.3 is 140 Å². The number of epoxide rings is 1. The van der Waals surface area contributed by atoms with Crippen LogP contribution in [0.2, 0.25) is 0 Å². The van der Waals surface area contributed by atoms with Gasteiger partial charge in [0.25, 0.3) is 0 Å². The number of nitrogens with one attached hydrogen (secondary N) is 8. The van der Waals surface area contributed by atoms with Crippen molar-refractivity contribution in [3.63, 3.8) is 0 Å². The maximum atomic E-state index is 13.9. The third kappa shape index (κ3) is 26.9. The van der Waals surface area contributed by atoms with Crippen molar-refractivity contribution in [2.24, 2.45) is 5.92 Å². The van der Waals surface area contributed by atoms with Crippen LogP contribution >= 0.6 is 7.60 Å². The zero-order chi connectivity index (χ0) is 68.4. The van der Waals surface area contributed by atoms with Gasteiger partial charge in [0, 0.05) is 59.9 Å². The Kier molecular flexibility index (Phi) is 34.4. The van der Waals surface area contributed by atoms with Gasteiger partial charge in [-0.25, -0.2) is 0 Å². The van der Waals surface area contributed by atoms with Crippen molar-refractivity contribution in [3.05, 3.63) is 0 Å². The molecule has 0 aromatic heterocycles. The lowest BCUT2D eigenvalue weighted by Gasteiger charge is -2.42. The summed E-state index contributed by atoms with van der Waals surface area (Å²) in [5, 5.41) is 113. The average Bonchev–Trinajstić information content (AvgIpc) is 1.80. The van der Waals surface area contributed by atoms with Gasteiger partial charge in [0.15, 0.2) is 18.9 Å². The van der Waals surface area contributed by atoms with E-state index in [0.717, 1.165) is 6.66 Å². The fourth-order valence-electron chi connectivity index (χ4n) is 10.9. The zero-order valence-corrected chi connectivity index (χ0v) is 53.5. The predicted molar refractivity (Wildman–Crippen MR) is 314 cm³/mol. The third-order valence-electron chi connectivity index (χ3n) is 15.6. The van der Waals surface area contributed by atoms with Gasteiger partial charge in [-0.3, -0.25) is 43.4 Å². The van der Waals surface area contributed by atoms with Crippen molar-refractivity contribution in [2.75, 3.05) is 106 Å². The van der Waals surface area contributed by atoms with Crippen LogP contribution in [0.15, 0.2) is 0 Å². The normalized spacial score (nSPS) is 32.4. The summed E-state index contributed by atoms with van der Waals surface area (Å²) in [4.78, 5) is 99.7. The van der Waals surface area contributed by atoms with Crippen LogP contribution in [0.3, 0.4) is 0 Å². The first-order valence-electron chi connectivity index (χ1n) is 31.0. The molecular weight excluding hydrogens is 1270 g/mol. The molecule has 536 valence electrons. The van der Waals surface area contributed by atoms with Gasteiger partial charge in [-0.05, 0) is 44.4 Å². The lowest BCUT2D eigenvalue weighted by molar-refractivity contribution is -0.272. The fraction of sp³-hybridized carbons (Fsp3) is 0.873. The molecule has 93 heavy (non-hydrogen) atoms. The van der Waals surface area contributed by atoms with E-state index in [9.17, 15) is 89.0 Å². The SMILES string of the molecule is CC(=O)NC1C(OCCOCCNC(=O)CCC(NC(=O)CCC(NC2OC2[C@H]2CC[C@@H](OP(C)(=O)O)CC2)C(=O)NCCOCCOC2OC(CO)C(O)C(O)C2NC(C)=O)C(=O)NCCOCCOC2OC(CO)C(O)C(O)C2NC(C)=O)OC(CO)C(O)C1O. The van der Waals surface area contributed by atoms with Gasteiger partial charge in [-0.1, -0.05) is 0 Å². The van der Waals surface area contributed by atoms with Gasteiger partial charge in [0.2, 0.25) is 41.4 Å². The first-order chi connectivity index (χ1) is 44.2. The second-order valence-electron chi connectivity index (χ2n) is 23.1. The van der Waals surface area contributed by atoms with Gasteiger partial charge >= 0.3 is 7.60 Å². The Morgan fingerprint density at radius 1 is 0.495 bits per heavy atom. The van der Waals surface area contributed by atoms with Crippen LogP contribution in [0.4, 0.5) is 0 Å². The van der Waals surface area contributed by atoms with Crippen LogP contribution in [0, 0.1) is 5.92 Å². The number of hydrogen-bond acceptors (Lipinski definition) is 29. The number of amides is 7. The van der Waals surface area contributed by atoms with E-state index >= 15 is 0 Å². The highest BCUT2D eigenvalue weighted by molar-refractivity contribution is 7.51. The zero-order valence-electron chi connectivity index (χ0n) is 52.6. The number of carbonyl (C=O) groups excluding carboxylic acids is 7. The Hall–Kier alpha value is -4.36. The Balaban J connectivity index is 1.15. The minimum absolute atomic E-state index is 0.00757. The summed E-state index contributed by atoms with van der Waals surface area (Å²) in [6.45, 7) is 1.85. The standard InChI is InChI=1S/C55H97N8O29P/c1-28(67)59-40-46(75)43(72)35(25-64)88-53(40)85-22-19-82-16-13-56-38(70)11-9-33(50(78)57-14-17-83-20-23-86-54-41(60-29(2)68)47(76)44(73)36(26-65)89-54)62-39(71)12-10-34(63-52-49(91-52)31-5-7-32(8-6-31)92-93(4,80)81)51(79)58-15-18-84-21-24-87-55-42(61-30(3)69)48(77)45(74)37(27-66)90-55/h31-37,40-49,52-55,63-66,72-77H,5-27H2,1-4H3,(H,56,70)(H,57,78)(H,58,79)(H,59,67)(H,60,68)(H,61,69)(H,62,71)(H,80,81)/t31-,32+,33?,34?,35?,36?,37?,40?,41?,42?,43?,44?,45?,46?,47?,48?,49?,52?,53?,54?,55?. The van der Waals surface area contributed by atoms with Crippen LogP contribution in [-0.4, -0.2) is 320 Å². The fourth-order valence-corrected chi connectivity index (χ4v) is 11.7. The molecule has 20 atom stereocenters. The van der Waals surface area contributed by atoms with Crippen LogP contribution in [-0.2, 0) is 90.0 Å². The molecule has 5 rings (SSSR count). The molecule has 20 unspecified atom stereocenters. The van der Waals surface area contributed by atoms with Crippen LogP contribution < -0.4 is 42.5 Å². The topological polar surface area (TPSA) is 540 Å². The Morgan fingerprint density at radius 3 is 1.26 bits per heavy atom. The molecule has 5 aliphatic rings.